The number of nitrogens with zero attached hydrogens (tertiary/aromatic N) is 4. The van der Waals surface area contributed by atoms with Crippen LogP contribution in [0.4, 0.5) is 5.95 Å². The van der Waals surface area contributed by atoms with Crippen molar-refractivity contribution < 1.29 is 0 Å². The molecule has 0 fully saturated rings. The largest absolute Gasteiger partial charge is 0.343 e. The lowest BCUT2D eigenvalue weighted by Crippen LogP contribution is -2.30. The number of rotatable bonds is 2. The van der Waals surface area contributed by atoms with Crippen LogP contribution in [0.3, 0.4) is 0 Å². The standard InChI is InChI=1S/C9H14Cl2N4/c1-9(2,3)5-15(4)8-13-6(10)12-7(11)14-8/h5H2,1-4H3. The van der Waals surface area contributed by atoms with Crippen molar-refractivity contribution >= 4 is 29.2 Å². The summed E-state index contributed by atoms with van der Waals surface area (Å²) in [6.07, 6.45) is 0. The van der Waals surface area contributed by atoms with Crippen LogP contribution < -0.4 is 4.90 Å². The Bertz CT molecular complexity index is 328. The van der Waals surface area contributed by atoms with Crippen molar-refractivity contribution in [2.24, 2.45) is 5.41 Å². The monoisotopic (exact) mass is 248 g/mol. The maximum absolute atomic E-state index is 5.69. The molecule has 1 rings (SSSR count). The molecular weight excluding hydrogens is 235 g/mol. The van der Waals surface area contributed by atoms with Crippen LogP contribution in [0.2, 0.25) is 10.6 Å². The fourth-order valence-corrected chi connectivity index (χ4v) is 1.62. The molecule has 0 N–H and O–H groups in total. The fourth-order valence-electron chi connectivity index (χ4n) is 1.27. The molecule has 0 amide bonds. The molecule has 0 saturated heterocycles. The summed E-state index contributed by atoms with van der Waals surface area (Å²) in [4.78, 5) is 13.6. The van der Waals surface area contributed by atoms with Crippen molar-refractivity contribution in [3.8, 4) is 0 Å². The molecule has 1 heterocycles. The summed E-state index contributed by atoms with van der Waals surface area (Å²) in [5, 5.41) is 0.233. The third kappa shape index (κ3) is 4.18. The highest BCUT2D eigenvalue weighted by molar-refractivity contribution is 6.31. The Morgan fingerprint density at radius 1 is 1.07 bits per heavy atom. The van der Waals surface area contributed by atoms with Gasteiger partial charge in [-0.15, -0.1) is 0 Å². The van der Waals surface area contributed by atoms with Gasteiger partial charge in [0.15, 0.2) is 0 Å². The highest BCUT2D eigenvalue weighted by atomic mass is 35.5. The maximum Gasteiger partial charge on any atom is 0.230 e. The summed E-state index contributed by atoms with van der Waals surface area (Å²) in [6.45, 7) is 7.21. The second kappa shape index (κ2) is 4.49. The van der Waals surface area contributed by atoms with E-state index < -0.39 is 0 Å². The van der Waals surface area contributed by atoms with Gasteiger partial charge in [0, 0.05) is 13.6 Å². The average molecular weight is 249 g/mol. The smallest absolute Gasteiger partial charge is 0.230 e. The molecule has 1 aromatic heterocycles. The molecule has 0 aliphatic rings. The van der Waals surface area contributed by atoms with E-state index in [0.29, 0.717) is 5.95 Å². The Hall–Kier alpha value is -0.610. The zero-order valence-electron chi connectivity index (χ0n) is 9.25. The minimum atomic E-state index is 0.116. The van der Waals surface area contributed by atoms with Crippen LogP contribution in [0, 0.1) is 5.41 Å². The van der Waals surface area contributed by atoms with Crippen molar-refractivity contribution in [2.45, 2.75) is 20.8 Å². The molecule has 84 valence electrons. The summed E-state index contributed by atoms with van der Waals surface area (Å²) in [5.41, 5.74) is 0.153. The molecule has 15 heavy (non-hydrogen) atoms. The maximum atomic E-state index is 5.69. The summed E-state index contributed by atoms with van der Waals surface area (Å²) >= 11 is 11.4. The number of aromatic nitrogens is 3. The molecule has 0 atom stereocenters. The molecule has 0 unspecified atom stereocenters. The molecule has 1 aromatic rings. The number of anilines is 1. The number of hydrogen-bond acceptors (Lipinski definition) is 4. The van der Waals surface area contributed by atoms with Crippen LogP contribution in [0.25, 0.3) is 0 Å². The third-order valence-corrected chi connectivity index (χ3v) is 1.96. The average Bonchev–Trinajstić information content (AvgIpc) is 1.98. The van der Waals surface area contributed by atoms with Crippen molar-refractivity contribution in [1.82, 2.24) is 15.0 Å². The van der Waals surface area contributed by atoms with Crippen LogP contribution in [0.15, 0.2) is 0 Å². The van der Waals surface area contributed by atoms with Gasteiger partial charge >= 0.3 is 0 Å². The molecule has 0 saturated carbocycles. The van der Waals surface area contributed by atoms with Gasteiger partial charge < -0.3 is 4.90 Å². The Morgan fingerprint density at radius 2 is 1.53 bits per heavy atom. The second-order valence-corrected chi connectivity index (χ2v) is 5.27. The first-order chi connectivity index (χ1) is 6.78. The summed E-state index contributed by atoms with van der Waals surface area (Å²) in [5.74, 6) is 0.495. The quantitative estimate of drug-likeness (QED) is 0.808. The molecular formula is C9H14Cl2N4. The van der Waals surface area contributed by atoms with Gasteiger partial charge in [-0.25, -0.2) is 0 Å². The molecule has 0 aliphatic heterocycles. The lowest BCUT2D eigenvalue weighted by Gasteiger charge is -2.26. The molecule has 0 radical (unpaired) electrons. The fraction of sp³-hybridized carbons (Fsp3) is 0.667. The molecule has 0 aliphatic carbocycles. The lowest BCUT2D eigenvalue weighted by atomic mass is 9.96. The van der Waals surface area contributed by atoms with Gasteiger partial charge in [0.1, 0.15) is 0 Å². The lowest BCUT2D eigenvalue weighted by molar-refractivity contribution is 0.416. The van der Waals surface area contributed by atoms with Gasteiger partial charge in [-0.1, -0.05) is 20.8 Å². The van der Waals surface area contributed by atoms with Crippen LogP contribution in [0.5, 0.6) is 0 Å². The third-order valence-electron chi connectivity index (χ3n) is 1.62. The van der Waals surface area contributed by atoms with E-state index >= 15 is 0 Å². The minimum Gasteiger partial charge on any atom is -0.343 e. The van der Waals surface area contributed by atoms with Gasteiger partial charge in [0.25, 0.3) is 0 Å². The van der Waals surface area contributed by atoms with E-state index in [4.69, 9.17) is 23.2 Å². The van der Waals surface area contributed by atoms with E-state index in [0.717, 1.165) is 6.54 Å². The van der Waals surface area contributed by atoms with E-state index in [9.17, 15) is 0 Å². The van der Waals surface area contributed by atoms with Crippen molar-refractivity contribution in [3.05, 3.63) is 10.6 Å². The molecule has 0 aromatic carbocycles. The summed E-state index contributed by atoms with van der Waals surface area (Å²) < 4.78 is 0. The Kier molecular flexibility index (Phi) is 3.73. The predicted molar refractivity (Wildman–Crippen MR) is 62.6 cm³/mol. The number of hydrogen-bond donors (Lipinski definition) is 0. The van der Waals surface area contributed by atoms with Crippen molar-refractivity contribution in [2.75, 3.05) is 18.5 Å². The molecule has 4 nitrogen and oxygen atoms in total. The van der Waals surface area contributed by atoms with E-state index in [1.807, 2.05) is 11.9 Å². The predicted octanol–water partition coefficient (Wildman–Crippen LogP) is 2.66. The van der Waals surface area contributed by atoms with Crippen LogP contribution >= 0.6 is 23.2 Å². The van der Waals surface area contributed by atoms with Gasteiger partial charge in [-0.3, -0.25) is 0 Å². The van der Waals surface area contributed by atoms with Crippen LogP contribution in [-0.4, -0.2) is 28.5 Å². The second-order valence-electron chi connectivity index (χ2n) is 4.59. The Labute approximate surface area is 99.6 Å². The summed E-state index contributed by atoms with van der Waals surface area (Å²) in [6, 6.07) is 0. The van der Waals surface area contributed by atoms with Crippen molar-refractivity contribution in [1.29, 1.82) is 0 Å². The van der Waals surface area contributed by atoms with Gasteiger partial charge in [-0.05, 0) is 28.6 Å². The highest BCUT2D eigenvalue weighted by Crippen LogP contribution is 2.19. The van der Waals surface area contributed by atoms with E-state index in [1.165, 1.54) is 0 Å². The first kappa shape index (κ1) is 12.5. The molecule has 0 bridgehead atoms. The van der Waals surface area contributed by atoms with Gasteiger partial charge in [-0.2, -0.15) is 15.0 Å². The minimum absolute atomic E-state index is 0.116. The molecule has 6 heteroatoms. The SMILES string of the molecule is CN(CC(C)(C)C)c1nc(Cl)nc(Cl)n1. The van der Waals surface area contributed by atoms with Gasteiger partial charge in [0.05, 0.1) is 0 Å². The summed E-state index contributed by atoms with van der Waals surface area (Å²) in [7, 11) is 1.90. The number of halogens is 2. The Balaban J connectivity index is 2.86. The normalized spacial score (nSPS) is 11.6. The first-order valence-electron chi connectivity index (χ1n) is 4.56. The van der Waals surface area contributed by atoms with Crippen LogP contribution in [0.1, 0.15) is 20.8 Å². The van der Waals surface area contributed by atoms with E-state index in [2.05, 4.69) is 35.7 Å². The highest BCUT2D eigenvalue weighted by Gasteiger charge is 2.16. The van der Waals surface area contributed by atoms with Crippen molar-refractivity contribution in [3.63, 3.8) is 0 Å². The topological polar surface area (TPSA) is 41.9 Å². The Morgan fingerprint density at radius 3 is 1.93 bits per heavy atom. The zero-order chi connectivity index (χ0) is 11.6. The first-order valence-corrected chi connectivity index (χ1v) is 5.32. The van der Waals surface area contributed by atoms with E-state index in [1.54, 1.807) is 0 Å². The van der Waals surface area contributed by atoms with Crippen LogP contribution in [-0.2, 0) is 0 Å². The zero-order valence-corrected chi connectivity index (χ0v) is 10.8. The van der Waals surface area contributed by atoms with Gasteiger partial charge in [0.2, 0.25) is 16.5 Å². The molecule has 0 spiro atoms. The van der Waals surface area contributed by atoms with E-state index in [-0.39, 0.29) is 16.0 Å².